The lowest BCUT2D eigenvalue weighted by Gasteiger charge is -2.31. The number of hydrogen-bond acceptors (Lipinski definition) is 4. The maximum Gasteiger partial charge on any atom is 0.264 e. The topological polar surface area (TPSA) is 70.4 Å². The van der Waals surface area contributed by atoms with Gasteiger partial charge in [0.2, 0.25) is 5.88 Å². The minimum absolute atomic E-state index is 0.154. The lowest BCUT2D eigenvalue weighted by molar-refractivity contribution is 0.242. The van der Waals surface area contributed by atoms with E-state index in [4.69, 9.17) is 12.2 Å². The Hall–Kier alpha value is -1.69. The number of nitrogens with one attached hydrogen (secondary N) is 1. The molecule has 1 aliphatic carbocycles. The van der Waals surface area contributed by atoms with E-state index in [2.05, 4.69) is 30.4 Å². The number of rotatable bonds is 4. The Kier molecular flexibility index (Phi) is 5.34. The number of allylic oxidation sites excluding steroid dienone is 1. The van der Waals surface area contributed by atoms with Crippen molar-refractivity contribution in [1.82, 2.24) is 9.55 Å². The van der Waals surface area contributed by atoms with Crippen LogP contribution in [0.15, 0.2) is 22.4 Å². The maximum absolute atomic E-state index is 12.0. The molecule has 0 spiro atoms. The van der Waals surface area contributed by atoms with Crippen LogP contribution in [0.1, 0.15) is 38.7 Å². The van der Waals surface area contributed by atoms with E-state index in [1.807, 2.05) is 0 Å². The van der Waals surface area contributed by atoms with Crippen LogP contribution in [0, 0.1) is 16.6 Å². The van der Waals surface area contributed by atoms with E-state index in [1.165, 1.54) is 17.2 Å². The third-order valence-corrected chi connectivity index (χ3v) is 4.90. The lowest BCUT2D eigenvalue weighted by atomic mass is 9.78. The SMILES string of the molecule is C=CCn1c(O)c(C=N[C@H]2CCC[C@@H](C)[C@H]2C)c(=O)[nH]c1=S. The highest BCUT2D eigenvalue weighted by Gasteiger charge is 2.26. The van der Waals surface area contributed by atoms with Crippen molar-refractivity contribution in [2.45, 2.75) is 45.7 Å². The van der Waals surface area contributed by atoms with Crippen molar-refractivity contribution in [2.75, 3.05) is 0 Å². The number of aliphatic imine (C=N–C) groups is 1. The molecule has 3 atom stereocenters. The highest BCUT2D eigenvalue weighted by atomic mass is 32.1. The van der Waals surface area contributed by atoms with Crippen LogP contribution in [0.25, 0.3) is 0 Å². The normalized spacial score (nSPS) is 25.5. The van der Waals surface area contributed by atoms with Crippen LogP contribution >= 0.6 is 12.2 Å². The van der Waals surface area contributed by atoms with Gasteiger partial charge in [0.15, 0.2) is 4.77 Å². The average molecular weight is 321 g/mol. The fraction of sp³-hybridized carbons (Fsp3) is 0.562. The van der Waals surface area contributed by atoms with Crippen LogP contribution in [-0.4, -0.2) is 26.9 Å². The molecule has 1 aliphatic rings. The summed E-state index contributed by atoms with van der Waals surface area (Å²) in [5, 5.41) is 10.3. The van der Waals surface area contributed by atoms with Gasteiger partial charge in [0.05, 0.1) is 6.04 Å². The molecule has 120 valence electrons. The van der Waals surface area contributed by atoms with Gasteiger partial charge in [0, 0.05) is 12.8 Å². The molecule has 0 aromatic carbocycles. The first kappa shape index (κ1) is 16.7. The maximum atomic E-state index is 12.0. The molecule has 6 heteroatoms. The van der Waals surface area contributed by atoms with Gasteiger partial charge in [-0.05, 0) is 30.5 Å². The van der Waals surface area contributed by atoms with E-state index in [-0.39, 0.29) is 22.3 Å². The highest BCUT2D eigenvalue weighted by molar-refractivity contribution is 7.71. The zero-order valence-corrected chi connectivity index (χ0v) is 13.9. The molecule has 1 aromatic rings. The van der Waals surface area contributed by atoms with Crippen LogP contribution in [0.2, 0.25) is 0 Å². The first-order valence-corrected chi connectivity index (χ1v) is 8.06. The molecule has 1 heterocycles. The third kappa shape index (κ3) is 3.38. The summed E-state index contributed by atoms with van der Waals surface area (Å²) in [5.74, 6) is 0.946. The summed E-state index contributed by atoms with van der Waals surface area (Å²) in [7, 11) is 0. The first-order valence-electron chi connectivity index (χ1n) is 7.65. The van der Waals surface area contributed by atoms with Crippen LogP contribution < -0.4 is 5.56 Å². The van der Waals surface area contributed by atoms with Crippen LogP contribution in [0.5, 0.6) is 5.88 Å². The Bertz CT molecular complexity index is 690. The van der Waals surface area contributed by atoms with Gasteiger partial charge in [-0.15, -0.1) is 6.58 Å². The molecule has 1 aromatic heterocycles. The van der Waals surface area contributed by atoms with Crippen molar-refractivity contribution >= 4 is 18.4 Å². The molecule has 0 unspecified atom stereocenters. The van der Waals surface area contributed by atoms with Crippen LogP contribution in [0.4, 0.5) is 0 Å². The standard InChI is InChI=1S/C16H23N3O2S/c1-4-8-19-15(21)12(14(20)18-16(19)22)9-17-13-7-5-6-10(2)11(13)3/h4,9-11,13,21H,1,5-8H2,2-3H3,(H,18,20,22)/t10-,11-,13+/m1/s1. The van der Waals surface area contributed by atoms with Gasteiger partial charge in [0.1, 0.15) is 5.56 Å². The first-order chi connectivity index (χ1) is 10.5. The molecule has 2 N–H and O–H groups in total. The van der Waals surface area contributed by atoms with E-state index in [1.54, 1.807) is 6.08 Å². The Morgan fingerprint density at radius 3 is 2.91 bits per heavy atom. The summed E-state index contributed by atoms with van der Waals surface area (Å²) < 4.78 is 1.61. The predicted molar refractivity (Wildman–Crippen MR) is 91.3 cm³/mol. The Labute approximate surface area is 135 Å². The predicted octanol–water partition coefficient (Wildman–Crippen LogP) is 3.04. The zero-order chi connectivity index (χ0) is 16.3. The smallest absolute Gasteiger partial charge is 0.264 e. The van der Waals surface area contributed by atoms with Crippen molar-refractivity contribution < 1.29 is 5.11 Å². The quantitative estimate of drug-likeness (QED) is 0.509. The molecule has 0 bridgehead atoms. The van der Waals surface area contributed by atoms with Crippen molar-refractivity contribution in [1.29, 1.82) is 0 Å². The zero-order valence-electron chi connectivity index (χ0n) is 13.1. The number of H-pyrrole nitrogens is 1. The Morgan fingerprint density at radius 2 is 2.23 bits per heavy atom. The highest BCUT2D eigenvalue weighted by Crippen LogP contribution is 2.31. The summed E-state index contributed by atoms with van der Waals surface area (Å²) >= 11 is 5.05. The Morgan fingerprint density at radius 1 is 1.50 bits per heavy atom. The number of aromatic hydroxyl groups is 1. The summed E-state index contributed by atoms with van der Waals surface area (Å²) in [6.07, 6.45) is 6.49. The molecule has 0 radical (unpaired) electrons. The van der Waals surface area contributed by atoms with Crippen LogP contribution in [0.3, 0.4) is 0 Å². The van der Waals surface area contributed by atoms with E-state index < -0.39 is 5.56 Å². The van der Waals surface area contributed by atoms with Crippen molar-refractivity contribution in [2.24, 2.45) is 16.8 Å². The molecule has 1 fully saturated rings. The molecule has 1 saturated carbocycles. The van der Waals surface area contributed by atoms with Crippen molar-refractivity contribution in [3.8, 4) is 5.88 Å². The van der Waals surface area contributed by atoms with E-state index in [9.17, 15) is 9.90 Å². The monoisotopic (exact) mass is 321 g/mol. The molecule has 2 rings (SSSR count). The third-order valence-electron chi connectivity index (χ3n) is 4.58. The molecule has 5 nitrogen and oxygen atoms in total. The molecule has 0 saturated heterocycles. The van der Waals surface area contributed by atoms with Gasteiger partial charge in [-0.25, -0.2) is 0 Å². The lowest BCUT2D eigenvalue weighted by Crippen LogP contribution is -2.28. The number of nitrogens with zero attached hydrogens (tertiary/aromatic N) is 2. The van der Waals surface area contributed by atoms with Gasteiger partial charge in [-0.1, -0.05) is 32.8 Å². The fourth-order valence-corrected chi connectivity index (χ4v) is 3.18. The van der Waals surface area contributed by atoms with Gasteiger partial charge in [0.25, 0.3) is 5.56 Å². The van der Waals surface area contributed by atoms with Gasteiger partial charge >= 0.3 is 0 Å². The molecule has 22 heavy (non-hydrogen) atoms. The summed E-state index contributed by atoms with van der Waals surface area (Å²) in [6, 6.07) is 0.193. The largest absolute Gasteiger partial charge is 0.494 e. The average Bonchev–Trinajstić information content (AvgIpc) is 2.47. The second-order valence-electron chi connectivity index (χ2n) is 6.01. The van der Waals surface area contributed by atoms with E-state index in [0.29, 0.717) is 18.4 Å². The van der Waals surface area contributed by atoms with Crippen molar-refractivity contribution in [3.05, 3.63) is 33.3 Å². The molecule has 0 aliphatic heterocycles. The molecule has 0 amide bonds. The summed E-state index contributed by atoms with van der Waals surface area (Å²) in [4.78, 5) is 19.1. The molecular weight excluding hydrogens is 298 g/mol. The molecular formula is C16H23N3O2S. The number of aromatic nitrogens is 2. The van der Waals surface area contributed by atoms with Crippen molar-refractivity contribution in [3.63, 3.8) is 0 Å². The number of aromatic amines is 1. The van der Waals surface area contributed by atoms with Crippen LogP contribution in [-0.2, 0) is 6.54 Å². The van der Waals surface area contributed by atoms with E-state index >= 15 is 0 Å². The minimum atomic E-state index is -0.414. The fourth-order valence-electron chi connectivity index (χ4n) is 2.92. The summed E-state index contributed by atoms with van der Waals surface area (Å²) in [6.45, 7) is 8.39. The van der Waals surface area contributed by atoms with Gasteiger partial charge < -0.3 is 5.11 Å². The van der Waals surface area contributed by atoms with Gasteiger partial charge in [-0.2, -0.15) is 0 Å². The second kappa shape index (κ2) is 7.05. The Balaban J connectivity index is 2.35. The summed E-state index contributed by atoms with van der Waals surface area (Å²) in [5.41, 5.74) is -0.260. The van der Waals surface area contributed by atoms with E-state index in [0.717, 1.165) is 12.8 Å². The second-order valence-corrected chi connectivity index (χ2v) is 6.40. The number of hydrogen-bond donors (Lipinski definition) is 2. The minimum Gasteiger partial charge on any atom is -0.494 e. The van der Waals surface area contributed by atoms with Gasteiger partial charge in [-0.3, -0.25) is 19.3 Å².